The van der Waals surface area contributed by atoms with E-state index < -0.39 is 0 Å². The summed E-state index contributed by atoms with van der Waals surface area (Å²) in [5.41, 5.74) is 3.07. The summed E-state index contributed by atoms with van der Waals surface area (Å²) in [6.45, 7) is 2.56. The van der Waals surface area contributed by atoms with Crippen LogP contribution in [0.3, 0.4) is 0 Å². The number of benzene rings is 2. The molecule has 2 heterocycles. The number of methoxy groups -OCH3 is 1. The van der Waals surface area contributed by atoms with Crippen molar-refractivity contribution in [2.45, 2.75) is 18.5 Å². The van der Waals surface area contributed by atoms with Crippen LogP contribution in [0.4, 0.5) is 0 Å². The van der Waals surface area contributed by atoms with Gasteiger partial charge in [0, 0.05) is 44.0 Å². The molecule has 0 aliphatic carbocycles. The number of amides is 1. The van der Waals surface area contributed by atoms with Crippen molar-refractivity contribution in [3.05, 3.63) is 95.8 Å². The summed E-state index contributed by atoms with van der Waals surface area (Å²) in [6.07, 6.45) is 3.28. The molecule has 3 aromatic rings. The number of nitrogens with one attached hydrogen (secondary N) is 1. The van der Waals surface area contributed by atoms with Crippen molar-refractivity contribution < 1.29 is 9.53 Å². The van der Waals surface area contributed by atoms with Crippen LogP contribution < -0.4 is 10.1 Å². The van der Waals surface area contributed by atoms with Crippen molar-refractivity contribution >= 4 is 5.91 Å². The Morgan fingerprint density at radius 2 is 1.86 bits per heavy atom. The molecule has 1 amide bonds. The third-order valence-electron chi connectivity index (χ3n) is 5.43. The van der Waals surface area contributed by atoms with Crippen molar-refractivity contribution in [1.82, 2.24) is 15.2 Å². The van der Waals surface area contributed by atoms with Crippen molar-refractivity contribution in [1.29, 1.82) is 0 Å². The first kappa shape index (κ1) is 19.2. The van der Waals surface area contributed by atoms with Gasteiger partial charge in [0.2, 0.25) is 0 Å². The third kappa shape index (κ3) is 4.63. The Morgan fingerprint density at radius 1 is 1.07 bits per heavy atom. The van der Waals surface area contributed by atoms with E-state index in [4.69, 9.17) is 4.74 Å². The fraction of sp³-hybridized carbons (Fsp3) is 0.250. The zero-order valence-corrected chi connectivity index (χ0v) is 16.5. The quantitative estimate of drug-likeness (QED) is 0.704. The predicted molar refractivity (Wildman–Crippen MR) is 113 cm³/mol. The fourth-order valence-corrected chi connectivity index (χ4v) is 3.94. The zero-order valence-electron chi connectivity index (χ0n) is 16.5. The lowest BCUT2D eigenvalue weighted by Gasteiger charge is -2.20. The highest BCUT2D eigenvalue weighted by atomic mass is 16.5. The number of nitrogens with zero attached hydrogens (tertiary/aromatic N) is 2. The van der Waals surface area contributed by atoms with Crippen LogP contribution in [0.1, 0.15) is 27.4 Å². The number of carbonyl (C=O) groups excluding carboxylic acids is 1. The topological polar surface area (TPSA) is 54.5 Å². The summed E-state index contributed by atoms with van der Waals surface area (Å²) in [4.78, 5) is 19.2. The molecule has 1 aromatic heterocycles. The van der Waals surface area contributed by atoms with Gasteiger partial charge < -0.3 is 10.1 Å². The summed E-state index contributed by atoms with van der Waals surface area (Å²) in [5, 5.41) is 3.24. The van der Waals surface area contributed by atoms with Crippen molar-refractivity contribution in [3.8, 4) is 5.75 Å². The van der Waals surface area contributed by atoms with Gasteiger partial charge in [-0.3, -0.25) is 14.7 Å². The smallest absolute Gasteiger partial charge is 0.253 e. The number of ether oxygens (including phenoxy) is 1. The van der Waals surface area contributed by atoms with E-state index in [1.165, 1.54) is 11.1 Å². The minimum Gasteiger partial charge on any atom is -0.497 e. The number of aromatic nitrogens is 1. The maximum atomic E-state index is 12.8. The van der Waals surface area contributed by atoms with E-state index in [1.54, 1.807) is 31.6 Å². The van der Waals surface area contributed by atoms with E-state index in [2.05, 4.69) is 51.6 Å². The van der Waals surface area contributed by atoms with Crippen LogP contribution >= 0.6 is 0 Å². The summed E-state index contributed by atoms with van der Waals surface area (Å²) in [6, 6.07) is 22.2. The molecule has 1 N–H and O–H groups in total. The molecule has 1 aliphatic heterocycles. The molecule has 0 bridgehead atoms. The van der Waals surface area contributed by atoms with Crippen molar-refractivity contribution in [3.63, 3.8) is 0 Å². The van der Waals surface area contributed by atoms with Crippen LogP contribution in [0.15, 0.2) is 79.1 Å². The Morgan fingerprint density at radius 3 is 2.55 bits per heavy atom. The van der Waals surface area contributed by atoms with E-state index in [-0.39, 0.29) is 17.9 Å². The molecule has 5 nitrogen and oxygen atoms in total. The highest BCUT2D eigenvalue weighted by Gasteiger charge is 2.35. The fourth-order valence-electron chi connectivity index (χ4n) is 3.94. The number of rotatable bonds is 6. The standard InChI is InChI=1S/C24H25N3O2/c1-29-21-11-9-19(10-12-21)22-16-27(15-18-6-3-2-4-7-18)17-23(22)26-24(28)20-8-5-13-25-14-20/h2-14,22-23H,15-17H2,1H3,(H,26,28)/t22-,23+/m1/s1. The Balaban J connectivity index is 1.53. The minimum absolute atomic E-state index is 0.0276. The monoisotopic (exact) mass is 387 g/mol. The Kier molecular flexibility index (Phi) is 5.86. The summed E-state index contributed by atoms with van der Waals surface area (Å²) < 4.78 is 5.29. The second-order valence-corrected chi connectivity index (χ2v) is 7.38. The summed E-state index contributed by atoms with van der Waals surface area (Å²) in [5.74, 6) is 0.970. The van der Waals surface area contributed by atoms with Gasteiger partial charge in [-0.2, -0.15) is 0 Å². The first-order valence-electron chi connectivity index (χ1n) is 9.84. The predicted octanol–water partition coefficient (Wildman–Crippen LogP) is 3.49. The van der Waals surface area contributed by atoms with Gasteiger partial charge in [0.1, 0.15) is 5.75 Å². The molecule has 1 fully saturated rings. The highest BCUT2D eigenvalue weighted by molar-refractivity contribution is 5.94. The molecule has 1 aliphatic rings. The molecular weight excluding hydrogens is 362 g/mol. The van der Waals surface area contributed by atoms with Crippen LogP contribution in [0.2, 0.25) is 0 Å². The van der Waals surface area contributed by atoms with E-state index in [0.29, 0.717) is 5.56 Å². The average molecular weight is 387 g/mol. The van der Waals surface area contributed by atoms with Crippen molar-refractivity contribution in [2.75, 3.05) is 20.2 Å². The average Bonchev–Trinajstić information content (AvgIpc) is 3.17. The van der Waals surface area contributed by atoms with Crippen molar-refractivity contribution in [2.24, 2.45) is 0 Å². The van der Waals surface area contributed by atoms with Crippen LogP contribution in [0.25, 0.3) is 0 Å². The van der Waals surface area contributed by atoms with Gasteiger partial charge in [-0.05, 0) is 35.4 Å². The maximum absolute atomic E-state index is 12.8. The number of hydrogen-bond acceptors (Lipinski definition) is 4. The molecule has 0 unspecified atom stereocenters. The Bertz CT molecular complexity index is 929. The second-order valence-electron chi connectivity index (χ2n) is 7.38. The second kappa shape index (κ2) is 8.88. The van der Waals surface area contributed by atoms with Gasteiger partial charge in [-0.15, -0.1) is 0 Å². The molecule has 148 valence electrons. The number of carbonyl (C=O) groups is 1. The largest absolute Gasteiger partial charge is 0.497 e. The van der Waals surface area contributed by atoms with Gasteiger partial charge in [0.05, 0.1) is 12.7 Å². The summed E-state index contributed by atoms with van der Waals surface area (Å²) >= 11 is 0. The molecular formula is C24H25N3O2. The molecule has 29 heavy (non-hydrogen) atoms. The zero-order chi connectivity index (χ0) is 20.1. The SMILES string of the molecule is COc1ccc([C@H]2CN(Cc3ccccc3)C[C@@H]2NC(=O)c2cccnc2)cc1. The number of pyridine rings is 1. The van der Waals surface area contributed by atoms with Crippen LogP contribution in [0, 0.1) is 0 Å². The van der Waals surface area contributed by atoms with E-state index in [1.807, 2.05) is 18.2 Å². The minimum atomic E-state index is -0.0804. The molecule has 5 heteroatoms. The van der Waals surface area contributed by atoms with E-state index in [0.717, 1.165) is 25.4 Å². The number of likely N-dealkylation sites (tertiary alicyclic amines) is 1. The first-order valence-corrected chi connectivity index (χ1v) is 9.84. The van der Waals surface area contributed by atoms with E-state index >= 15 is 0 Å². The lowest BCUT2D eigenvalue weighted by molar-refractivity contribution is 0.0934. The number of hydrogen-bond donors (Lipinski definition) is 1. The molecule has 0 radical (unpaired) electrons. The van der Waals surface area contributed by atoms with Gasteiger partial charge in [-0.1, -0.05) is 42.5 Å². The first-order chi connectivity index (χ1) is 14.2. The van der Waals surface area contributed by atoms with Gasteiger partial charge in [-0.25, -0.2) is 0 Å². The lowest BCUT2D eigenvalue weighted by Crippen LogP contribution is -2.39. The Labute approximate surface area is 171 Å². The molecule has 0 saturated carbocycles. The van der Waals surface area contributed by atoms with E-state index in [9.17, 15) is 4.79 Å². The van der Waals surface area contributed by atoms with Gasteiger partial charge in [0.15, 0.2) is 0 Å². The maximum Gasteiger partial charge on any atom is 0.253 e. The normalized spacial score (nSPS) is 19.1. The lowest BCUT2D eigenvalue weighted by atomic mass is 9.94. The molecule has 0 spiro atoms. The summed E-state index contributed by atoms with van der Waals surface area (Å²) in [7, 11) is 1.67. The van der Waals surface area contributed by atoms with Crippen LogP contribution in [-0.4, -0.2) is 42.0 Å². The molecule has 1 saturated heterocycles. The molecule has 2 atom stereocenters. The highest BCUT2D eigenvalue weighted by Crippen LogP contribution is 2.30. The third-order valence-corrected chi connectivity index (χ3v) is 5.43. The van der Waals surface area contributed by atoms with Crippen LogP contribution in [0.5, 0.6) is 5.75 Å². The Hall–Kier alpha value is -3.18. The molecule has 4 rings (SSSR count). The van der Waals surface area contributed by atoms with Crippen LogP contribution in [-0.2, 0) is 6.54 Å². The van der Waals surface area contributed by atoms with Gasteiger partial charge in [0.25, 0.3) is 5.91 Å². The van der Waals surface area contributed by atoms with Gasteiger partial charge >= 0.3 is 0 Å². The molecule has 2 aromatic carbocycles.